The lowest BCUT2D eigenvalue weighted by Gasteiger charge is -2.30. The molecular formula is C47H57N3O8. The molecular weight excluding hydrogens is 735 g/mol. The molecule has 0 unspecified atom stereocenters. The first-order valence-electron chi connectivity index (χ1n) is 19.7. The quantitative estimate of drug-likeness (QED) is 0.0628. The molecule has 5 atom stereocenters. The summed E-state index contributed by atoms with van der Waals surface area (Å²) < 4.78 is 10.6. The number of aliphatic hydroxyl groups excluding tert-OH is 1. The predicted octanol–water partition coefficient (Wildman–Crippen LogP) is 6.39. The van der Waals surface area contributed by atoms with Gasteiger partial charge in [0.2, 0.25) is 11.8 Å². The van der Waals surface area contributed by atoms with Gasteiger partial charge in [0.1, 0.15) is 17.7 Å². The number of nitrogens with one attached hydrogen (secondary N) is 3. The topological polar surface area (TPSA) is 160 Å². The molecule has 0 aliphatic heterocycles. The summed E-state index contributed by atoms with van der Waals surface area (Å²) >= 11 is 0. The monoisotopic (exact) mass is 791 g/mol. The van der Waals surface area contributed by atoms with Crippen LogP contribution in [0.15, 0.2) is 115 Å². The number of carbonyl (C=O) groups is 5. The fourth-order valence-corrected chi connectivity index (χ4v) is 6.63. The van der Waals surface area contributed by atoms with Crippen molar-refractivity contribution in [2.45, 2.75) is 96.6 Å². The molecule has 0 radical (unpaired) electrons. The number of benzene rings is 4. The highest BCUT2D eigenvalue weighted by Gasteiger charge is 2.33. The van der Waals surface area contributed by atoms with E-state index in [0.717, 1.165) is 16.7 Å². The Hall–Kier alpha value is -5.81. The van der Waals surface area contributed by atoms with Crippen molar-refractivity contribution in [2.75, 3.05) is 7.11 Å². The summed E-state index contributed by atoms with van der Waals surface area (Å²) in [6.45, 7) is 9.06. The van der Waals surface area contributed by atoms with Crippen molar-refractivity contribution in [1.82, 2.24) is 16.0 Å². The van der Waals surface area contributed by atoms with Gasteiger partial charge in [0.15, 0.2) is 5.78 Å². The van der Waals surface area contributed by atoms with Crippen LogP contribution < -0.4 is 16.0 Å². The van der Waals surface area contributed by atoms with Gasteiger partial charge in [-0.15, -0.1) is 0 Å². The van der Waals surface area contributed by atoms with E-state index in [1.807, 2.05) is 80.6 Å². The third-order valence-electron chi connectivity index (χ3n) is 9.52. The van der Waals surface area contributed by atoms with Gasteiger partial charge in [-0.3, -0.25) is 14.4 Å². The van der Waals surface area contributed by atoms with E-state index in [0.29, 0.717) is 11.1 Å². The molecule has 0 saturated carbocycles. The Kier molecular flexibility index (Phi) is 16.8. The molecule has 0 heterocycles. The first-order chi connectivity index (χ1) is 27.6. The van der Waals surface area contributed by atoms with Gasteiger partial charge in [-0.2, -0.15) is 0 Å². The Balaban J connectivity index is 1.58. The van der Waals surface area contributed by atoms with Crippen LogP contribution in [0.4, 0.5) is 4.79 Å². The zero-order valence-electron chi connectivity index (χ0n) is 34.3. The lowest BCUT2D eigenvalue weighted by molar-refractivity contribution is -0.145. The molecule has 4 N–H and O–H groups in total. The second-order valence-electron chi connectivity index (χ2n) is 16.0. The second-order valence-corrected chi connectivity index (χ2v) is 16.0. The largest absolute Gasteiger partial charge is 0.467 e. The molecule has 4 rings (SSSR count). The van der Waals surface area contributed by atoms with Crippen molar-refractivity contribution in [3.05, 3.63) is 143 Å². The summed E-state index contributed by atoms with van der Waals surface area (Å²) in [6, 6.07) is 31.6. The van der Waals surface area contributed by atoms with Gasteiger partial charge in [-0.1, -0.05) is 129 Å². The van der Waals surface area contributed by atoms with E-state index in [-0.39, 0.29) is 43.8 Å². The van der Waals surface area contributed by atoms with Crippen molar-refractivity contribution in [1.29, 1.82) is 0 Å². The van der Waals surface area contributed by atoms with Gasteiger partial charge in [0.25, 0.3) is 0 Å². The number of rotatable bonds is 19. The van der Waals surface area contributed by atoms with Crippen LogP contribution in [0.2, 0.25) is 0 Å². The maximum absolute atomic E-state index is 14.3. The fraction of sp³-hybridized carbons (Fsp3) is 0.383. The predicted molar refractivity (Wildman–Crippen MR) is 223 cm³/mol. The van der Waals surface area contributed by atoms with Crippen molar-refractivity contribution in [3.63, 3.8) is 0 Å². The van der Waals surface area contributed by atoms with E-state index in [4.69, 9.17) is 9.47 Å². The van der Waals surface area contributed by atoms with Crippen LogP contribution >= 0.6 is 0 Å². The minimum atomic E-state index is -1.25. The Morgan fingerprint density at radius 2 is 1.10 bits per heavy atom. The van der Waals surface area contributed by atoms with E-state index in [9.17, 15) is 29.1 Å². The van der Waals surface area contributed by atoms with Crippen LogP contribution in [-0.4, -0.2) is 71.7 Å². The van der Waals surface area contributed by atoms with Gasteiger partial charge in [0, 0.05) is 23.5 Å². The Morgan fingerprint density at radius 3 is 1.64 bits per heavy atom. The SMILES string of the molecule is COC(=O)[C@H](Cc1ccccc1)NC(=O)[C@H](CC(C)C)NC(=O)[C@H](Cc1ccccc1)C[C@@H](O)[C@H](Cc1ccc(C(=O)c2ccccc2)cc1)NC(=O)OC(C)(C)C. The summed E-state index contributed by atoms with van der Waals surface area (Å²) in [6.07, 6.45) is -1.19. The summed E-state index contributed by atoms with van der Waals surface area (Å²) in [5.41, 5.74) is 2.63. The summed E-state index contributed by atoms with van der Waals surface area (Å²) in [5.74, 6) is -2.59. The van der Waals surface area contributed by atoms with Crippen molar-refractivity contribution < 1.29 is 38.6 Å². The average molecular weight is 792 g/mol. The molecule has 0 aliphatic rings. The molecule has 0 bridgehead atoms. The van der Waals surface area contributed by atoms with Gasteiger partial charge in [-0.05, 0) is 69.1 Å². The molecule has 0 saturated heterocycles. The van der Waals surface area contributed by atoms with Crippen molar-refractivity contribution >= 4 is 29.7 Å². The van der Waals surface area contributed by atoms with Gasteiger partial charge >= 0.3 is 12.1 Å². The smallest absolute Gasteiger partial charge is 0.407 e. The highest BCUT2D eigenvalue weighted by molar-refractivity contribution is 6.08. The number of aliphatic hydroxyl groups is 1. The number of alkyl carbamates (subject to hydrolysis) is 1. The molecule has 3 amide bonds. The summed E-state index contributed by atoms with van der Waals surface area (Å²) in [7, 11) is 1.26. The van der Waals surface area contributed by atoms with E-state index in [2.05, 4.69) is 16.0 Å². The second kappa shape index (κ2) is 21.6. The lowest BCUT2D eigenvalue weighted by Crippen LogP contribution is -2.54. The molecule has 4 aromatic carbocycles. The third-order valence-corrected chi connectivity index (χ3v) is 9.52. The van der Waals surface area contributed by atoms with Gasteiger partial charge in [0.05, 0.1) is 19.3 Å². The Bertz CT molecular complexity index is 1930. The Morgan fingerprint density at radius 1 is 0.603 bits per heavy atom. The lowest BCUT2D eigenvalue weighted by atomic mass is 9.88. The number of ether oxygens (including phenoxy) is 2. The van der Waals surface area contributed by atoms with E-state index in [1.54, 1.807) is 69.3 Å². The number of carbonyl (C=O) groups excluding carboxylic acids is 5. The minimum absolute atomic E-state index is 0.00306. The van der Waals surface area contributed by atoms with Crippen LogP contribution in [0.25, 0.3) is 0 Å². The third kappa shape index (κ3) is 14.6. The number of hydrogen-bond acceptors (Lipinski definition) is 8. The standard InChI is InChI=1S/C47H57N3O8/c1-31(2)26-39(44(54)49-40(45(55)57-6)29-33-18-12-8-13-19-33)48-43(53)37(27-32-16-10-7-11-17-32)30-41(51)38(50-46(56)58-47(3,4)5)28-34-22-24-36(25-23-34)42(52)35-20-14-9-15-21-35/h7-25,31,37-41,51H,26-30H2,1-6H3,(H,48,53)(H,49,54)(H,50,56)/t37-,38+,39+,40+,41-/m1/s1. The molecule has 11 nitrogen and oxygen atoms in total. The molecule has 0 fully saturated rings. The number of esters is 1. The molecule has 0 spiro atoms. The Labute approximate surface area is 341 Å². The number of amides is 3. The molecule has 308 valence electrons. The first-order valence-corrected chi connectivity index (χ1v) is 19.7. The van der Waals surface area contributed by atoms with Crippen molar-refractivity contribution in [2.24, 2.45) is 11.8 Å². The van der Waals surface area contributed by atoms with Gasteiger partial charge in [-0.25, -0.2) is 9.59 Å². The fourth-order valence-electron chi connectivity index (χ4n) is 6.63. The molecule has 58 heavy (non-hydrogen) atoms. The highest BCUT2D eigenvalue weighted by Crippen LogP contribution is 2.21. The molecule has 0 aromatic heterocycles. The normalized spacial score (nSPS) is 13.9. The zero-order valence-corrected chi connectivity index (χ0v) is 34.3. The minimum Gasteiger partial charge on any atom is -0.467 e. The number of ketones is 1. The van der Waals surface area contributed by atoms with E-state index >= 15 is 0 Å². The van der Waals surface area contributed by atoms with E-state index < -0.39 is 59.6 Å². The van der Waals surface area contributed by atoms with Crippen LogP contribution in [0.3, 0.4) is 0 Å². The summed E-state index contributed by atoms with van der Waals surface area (Å²) in [4.78, 5) is 67.2. The van der Waals surface area contributed by atoms with Crippen LogP contribution in [0.1, 0.15) is 80.1 Å². The first kappa shape index (κ1) is 44.9. The van der Waals surface area contributed by atoms with Crippen LogP contribution in [0, 0.1) is 11.8 Å². The number of hydrogen-bond donors (Lipinski definition) is 4. The van der Waals surface area contributed by atoms with E-state index in [1.165, 1.54) is 7.11 Å². The number of methoxy groups -OCH3 is 1. The highest BCUT2D eigenvalue weighted by atomic mass is 16.6. The maximum Gasteiger partial charge on any atom is 0.407 e. The summed E-state index contributed by atoms with van der Waals surface area (Å²) in [5, 5.41) is 20.5. The molecule has 0 aliphatic carbocycles. The van der Waals surface area contributed by atoms with Crippen molar-refractivity contribution in [3.8, 4) is 0 Å². The molecule has 4 aromatic rings. The van der Waals surface area contributed by atoms with Crippen LogP contribution in [-0.2, 0) is 43.1 Å². The maximum atomic E-state index is 14.3. The van der Waals surface area contributed by atoms with Crippen LogP contribution in [0.5, 0.6) is 0 Å². The molecule has 11 heteroatoms. The van der Waals surface area contributed by atoms with Gasteiger partial charge < -0.3 is 30.5 Å². The average Bonchev–Trinajstić information content (AvgIpc) is 3.19. The zero-order chi connectivity index (χ0) is 42.2.